The van der Waals surface area contributed by atoms with Crippen molar-refractivity contribution in [3.05, 3.63) is 92.7 Å². The number of rotatable bonds is 4. The largest absolute Gasteiger partial charge is 0.497 e. The van der Waals surface area contributed by atoms with Crippen LogP contribution in [0.15, 0.2) is 76.5 Å². The second-order valence-corrected chi connectivity index (χ2v) is 7.38. The van der Waals surface area contributed by atoms with Crippen molar-refractivity contribution < 1.29 is 9.84 Å². The van der Waals surface area contributed by atoms with Gasteiger partial charge in [-0.15, -0.1) is 0 Å². The third-order valence-corrected chi connectivity index (χ3v) is 5.06. The smallest absolute Gasteiger partial charge is 0.265 e. The number of hydrogen-bond acceptors (Lipinski definition) is 4. The van der Waals surface area contributed by atoms with Crippen molar-refractivity contribution in [3.8, 4) is 17.3 Å². The van der Waals surface area contributed by atoms with Crippen LogP contribution in [0.4, 0.5) is 5.69 Å². The van der Waals surface area contributed by atoms with Crippen molar-refractivity contribution >= 4 is 45.9 Å². The number of aromatic hydroxyl groups is 1. The van der Waals surface area contributed by atoms with E-state index in [1.807, 2.05) is 0 Å². The Hall–Kier alpha value is -3.28. The number of halogens is 2. The summed E-state index contributed by atoms with van der Waals surface area (Å²) in [7, 11) is 1.56. The first kappa shape index (κ1) is 20.0. The maximum atomic E-state index is 13.1. The normalized spacial score (nSPS) is 11.3. The molecule has 1 N–H and O–H groups in total. The molecular weight excluding hydrogens is 423 g/mol. The van der Waals surface area contributed by atoms with Crippen molar-refractivity contribution in [2.24, 2.45) is 4.99 Å². The lowest BCUT2D eigenvalue weighted by Gasteiger charge is -2.14. The van der Waals surface area contributed by atoms with Gasteiger partial charge in [0.05, 0.1) is 24.0 Å². The van der Waals surface area contributed by atoms with Gasteiger partial charge < -0.3 is 9.84 Å². The van der Waals surface area contributed by atoms with E-state index in [-0.39, 0.29) is 11.4 Å². The van der Waals surface area contributed by atoms with Crippen LogP contribution < -0.4 is 10.3 Å². The molecule has 5 nitrogen and oxygen atoms in total. The topological polar surface area (TPSA) is 63.8 Å². The predicted molar refractivity (Wildman–Crippen MR) is 121 cm³/mol. The van der Waals surface area contributed by atoms with Crippen LogP contribution in [0.3, 0.4) is 0 Å². The Bertz CT molecular complexity index is 1310. The van der Waals surface area contributed by atoms with Gasteiger partial charge in [0, 0.05) is 27.0 Å². The number of nitrogens with zero attached hydrogens (tertiary/aromatic N) is 2. The molecule has 0 aliphatic carbocycles. The van der Waals surface area contributed by atoms with Crippen molar-refractivity contribution in [3.63, 3.8) is 0 Å². The van der Waals surface area contributed by atoms with Crippen LogP contribution in [0.25, 0.3) is 16.5 Å². The molecule has 0 spiro atoms. The highest BCUT2D eigenvalue weighted by Crippen LogP contribution is 2.29. The molecule has 4 aromatic rings. The van der Waals surface area contributed by atoms with Crippen LogP contribution in [0.5, 0.6) is 11.6 Å². The first-order chi connectivity index (χ1) is 14.5. The number of pyridine rings is 1. The van der Waals surface area contributed by atoms with Gasteiger partial charge in [0.15, 0.2) is 0 Å². The molecule has 0 aliphatic heterocycles. The summed E-state index contributed by atoms with van der Waals surface area (Å²) >= 11 is 12.1. The molecule has 0 saturated heterocycles. The highest BCUT2D eigenvalue weighted by atomic mass is 35.5. The van der Waals surface area contributed by atoms with Gasteiger partial charge in [0.1, 0.15) is 5.75 Å². The summed E-state index contributed by atoms with van der Waals surface area (Å²) in [5.41, 5.74) is 1.09. The molecule has 4 rings (SSSR count). The molecule has 0 bridgehead atoms. The SMILES string of the molecule is COc1ccc(-n2c(O)c(C=Nc3cc(Cl)cc(Cl)c3)c3ccccc3c2=O)cc1. The Labute approximate surface area is 182 Å². The Morgan fingerprint density at radius 1 is 0.967 bits per heavy atom. The van der Waals surface area contributed by atoms with Crippen LogP contribution in [0.2, 0.25) is 10.0 Å². The van der Waals surface area contributed by atoms with E-state index in [0.29, 0.717) is 43.5 Å². The summed E-state index contributed by atoms with van der Waals surface area (Å²) in [6.07, 6.45) is 1.50. The van der Waals surface area contributed by atoms with E-state index in [0.717, 1.165) is 0 Å². The van der Waals surface area contributed by atoms with E-state index in [2.05, 4.69) is 4.99 Å². The molecule has 150 valence electrons. The van der Waals surface area contributed by atoms with Gasteiger partial charge in [-0.1, -0.05) is 41.4 Å². The van der Waals surface area contributed by atoms with Crippen LogP contribution >= 0.6 is 23.2 Å². The Morgan fingerprint density at radius 3 is 2.23 bits per heavy atom. The van der Waals surface area contributed by atoms with E-state index >= 15 is 0 Å². The summed E-state index contributed by atoms with van der Waals surface area (Å²) in [5, 5.41) is 13.0. The molecule has 0 unspecified atom stereocenters. The average molecular weight is 439 g/mol. The molecule has 30 heavy (non-hydrogen) atoms. The fourth-order valence-electron chi connectivity index (χ4n) is 3.21. The molecule has 0 radical (unpaired) electrons. The fraction of sp³-hybridized carbons (Fsp3) is 0.0435. The second kappa shape index (κ2) is 8.22. The molecule has 0 atom stereocenters. The van der Waals surface area contributed by atoms with Crippen LogP contribution in [-0.2, 0) is 0 Å². The summed E-state index contributed by atoms with van der Waals surface area (Å²) < 4.78 is 6.42. The van der Waals surface area contributed by atoms with Crippen molar-refractivity contribution in [2.75, 3.05) is 7.11 Å². The van der Waals surface area contributed by atoms with Crippen LogP contribution in [-0.4, -0.2) is 23.0 Å². The number of aliphatic imine (C=N–C) groups is 1. The Balaban J connectivity index is 1.94. The van der Waals surface area contributed by atoms with Gasteiger partial charge >= 0.3 is 0 Å². The molecule has 0 saturated carbocycles. The van der Waals surface area contributed by atoms with Crippen LogP contribution in [0.1, 0.15) is 5.56 Å². The number of fused-ring (bicyclic) bond motifs is 1. The van der Waals surface area contributed by atoms with Gasteiger partial charge in [-0.3, -0.25) is 9.79 Å². The lowest BCUT2D eigenvalue weighted by atomic mass is 10.1. The standard InChI is InChI=1S/C23H16Cl2N2O3/c1-30-18-8-6-17(7-9-18)27-22(28)20-5-3-2-4-19(20)21(23(27)29)13-26-16-11-14(24)10-15(25)12-16/h2-13,29H,1H3. The zero-order chi connectivity index (χ0) is 21.3. The zero-order valence-electron chi connectivity index (χ0n) is 15.8. The molecule has 1 aromatic heterocycles. The third-order valence-electron chi connectivity index (χ3n) is 4.62. The minimum Gasteiger partial charge on any atom is -0.497 e. The van der Waals surface area contributed by atoms with Gasteiger partial charge in [0.2, 0.25) is 5.88 Å². The molecule has 0 fully saturated rings. The van der Waals surface area contributed by atoms with E-state index in [4.69, 9.17) is 27.9 Å². The Kier molecular flexibility index (Phi) is 5.48. The number of hydrogen-bond donors (Lipinski definition) is 1. The van der Waals surface area contributed by atoms with E-state index in [9.17, 15) is 9.90 Å². The lowest BCUT2D eigenvalue weighted by Crippen LogP contribution is -2.20. The maximum Gasteiger partial charge on any atom is 0.265 e. The average Bonchev–Trinajstić information content (AvgIpc) is 2.73. The van der Waals surface area contributed by atoms with Gasteiger partial charge in [-0.25, -0.2) is 4.57 Å². The second-order valence-electron chi connectivity index (χ2n) is 6.51. The maximum absolute atomic E-state index is 13.1. The quantitative estimate of drug-likeness (QED) is 0.411. The summed E-state index contributed by atoms with van der Waals surface area (Å²) in [6.45, 7) is 0. The molecule has 1 heterocycles. The van der Waals surface area contributed by atoms with Gasteiger partial charge in [-0.2, -0.15) is 0 Å². The predicted octanol–water partition coefficient (Wildman–Crippen LogP) is 5.76. The van der Waals surface area contributed by atoms with Gasteiger partial charge in [0.25, 0.3) is 5.56 Å². The van der Waals surface area contributed by atoms with E-state index < -0.39 is 0 Å². The molecule has 7 heteroatoms. The molecule has 0 aliphatic rings. The molecular formula is C23H16Cl2N2O3. The minimum atomic E-state index is -0.337. The lowest BCUT2D eigenvalue weighted by molar-refractivity contribution is 0.414. The number of methoxy groups -OCH3 is 1. The minimum absolute atomic E-state index is 0.222. The van der Waals surface area contributed by atoms with Crippen molar-refractivity contribution in [1.29, 1.82) is 0 Å². The van der Waals surface area contributed by atoms with Crippen LogP contribution in [0, 0.1) is 0 Å². The number of benzene rings is 3. The van der Waals surface area contributed by atoms with Crippen molar-refractivity contribution in [1.82, 2.24) is 4.57 Å². The first-order valence-corrected chi connectivity index (χ1v) is 9.75. The summed E-state index contributed by atoms with van der Waals surface area (Å²) in [5.74, 6) is 0.424. The van der Waals surface area contributed by atoms with E-state index in [1.54, 1.807) is 73.8 Å². The van der Waals surface area contributed by atoms with E-state index in [1.165, 1.54) is 10.8 Å². The zero-order valence-corrected chi connectivity index (χ0v) is 17.4. The Morgan fingerprint density at radius 2 is 1.60 bits per heavy atom. The fourth-order valence-corrected chi connectivity index (χ4v) is 3.73. The highest BCUT2D eigenvalue weighted by molar-refractivity contribution is 6.35. The summed E-state index contributed by atoms with van der Waals surface area (Å²) in [6, 6.07) is 18.8. The molecule has 0 amide bonds. The molecule has 3 aromatic carbocycles. The summed E-state index contributed by atoms with van der Waals surface area (Å²) in [4.78, 5) is 17.5. The first-order valence-electron chi connectivity index (χ1n) is 8.99. The third kappa shape index (κ3) is 3.77. The number of ether oxygens (including phenoxy) is 1. The van der Waals surface area contributed by atoms with Gasteiger partial charge in [-0.05, 0) is 48.5 Å². The monoisotopic (exact) mass is 438 g/mol. The highest BCUT2D eigenvalue weighted by Gasteiger charge is 2.16. The van der Waals surface area contributed by atoms with Crippen molar-refractivity contribution in [2.45, 2.75) is 0 Å². The number of aromatic nitrogens is 1.